The summed E-state index contributed by atoms with van der Waals surface area (Å²) in [4.78, 5) is 52.6. The minimum absolute atomic E-state index is 0.0713. The quantitative estimate of drug-likeness (QED) is 0.541. The molecule has 2 unspecified atom stereocenters. The molecule has 4 rings (SSSR count). The highest BCUT2D eigenvalue weighted by molar-refractivity contribution is 8.76. The van der Waals surface area contributed by atoms with Gasteiger partial charge in [0.25, 0.3) is 11.8 Å². The molecule has 0 bridgehead atoms. The van der Waals surface area contributed by atoms with Crippen molar-refractivity contribution in [1.29, 1.82) is 0 Å². The van der Waals surface area contributed by atoms with E-state index in [1.165, 1.54) is 31.4 Å². The number of amides is 2. The number of hydrogen-bond acceptors (Lipinski definition) is 8. The van der Waals surface area contributed by atoms with E-state index in [9.17, 15) is 29.4 Å². The Morgan fingerprint density at radius 2 is 1.09 bits per heavy atom. The Morgan fingerprint density at radius 1 is 0.706 bits per heavy atom. The molecule has 2 aromatic rings. The Bertz CT molecular complexity index is 1040. The molecule has 0 spiro atoms. The summed E-state index contributed by atoms with van der Waals surface area (Å²) in [6.07, 6.45) is 0. The van der Waals surface area contributed by atoms with Crippen molar-refractivity contribution in [2.45, 2.75) is 21.9 Å². The first-order valence-electron chi connectivity index (χ1n) is 10.1. The molecule has 0 aromatic heterocycles. The molecule has 178 valence electrons. The van der Waals surface area contributed by atoms with Crippen molar-refractivity contribution in [2.75, 3.05) is 26.7 Å². The molecule has 0 saturated carbocycles. The number of carboxylic acids is 2. The van der Waals surface area contributed by atoms with Gasteiger partial charge in [0, 0.05) is 9.79 Å². The lowest BCUT2D eigenvalue weighted by Crippen LogP contribution is -2.42. The van der Waals surface area contributed by atoms with E-state index in [0.29, 0.717) is 20.9 Å². The first-order valence-corrected chi connectivity index (χ1v) is 12.3. The number of ether oxygens (including phenoxy) is 2. The molecule has 2 saturated heterocycles. The first-order chi connectivity index (χ1) is 16.4. The molecule has 12 heteroatoms. The van der Waals surface area contributed by atoms with E-state index in [1.54, 1.807) is 48.5 Å². The molecular weight excluding hydrogens is 484 g/mol. The SMILES string of the molecule is O=C(O)C1COCN1C(=O)c1ccccc1SSc1ccccc1C(=O)N1COCC1C(=O)O. The van der Waals surface area contributed by atoms with Crippen molar-refractivity contribution in [3.8, 4) is 0 Å². The third-order valence-corrected chi connectivity index (χ3v) is 7.79. The third-order valence-electron chi connectivity index (χ3n) is 5.31. The van der Waals surface area contributed by atoms with Crippen molar-refractivity contribution >= 4 is 45.3 Å². The predicted octanol–water partition coefficient (Wildman–Crippen LogP) is 2.25. The average molecular weight is 505 g/mol. The fourth-order valence-corrected chi connectivity index (χ4v) is 5.87. The standard InChI is InChI=1S/C22H20N2O8S2/c25-19(23-11-31-9-15(23)21(27)28)13-5-1-3-7-17(13)33-34-18-8-4-2-6-14(18)20(26)24-12-32-10-16(24)22(29)30/h1-8,15-16H,9-12H2,(H,27,28)(H,29,30). The lowest BCUT2D eigenvalue weighted by molar-refractivity contribution is -0.142. The second-order valence-electron chi connectivity index (χ2n) is 7.42. The van der Waals surface area contributed by atoms with Gasteiger partial charge >= 0.3 is 11.9 Å². The van der Waals surface area contributed by atoms with E-state index in [0.717, 1.165) is 0 Å². The van der Waals surface area contributed by atoms with E-state index >= 15 is 0 Å². The topological polar surface area (TPSA) is 134 Å². The molecular formula is C22H20N2O8S2. The van der Waals surface area contributed by atoms with E-state index < -0.39 is 35.8 Å². The van der Waals surface area contributed by atoms with Crippen LogP contribution in [0.15, 0.2) is 58.3 Å². The zero-order valence-corrected chi connectivity index (χ0v) is 19.3. The maximum atomic E-state index is 13.1. The van der Waals surface area contributed by atoms with Gasteiger partial charge in [-0.1, -0.05) is 45.9 Å². The van der Waals surface area contributed by atoms with Crippen LogP contribution in [0, 0.1) is 0 Å². The fraction of sp³-hybridized carbons (Fsp3) is 0.273. The summed E-state index contributed by atoms with van der Waals surface area (Å²) in [5.41, 5.74) is 0.638. The third kappa shape index (κ3) is 4.89. The largest absolute Gasteiger partial charge is 0.480 e. The van der Waals surface area contributed by atoms with Crippen LogP contribution in [0.3, 0.4) is 0 Å². The van der Waals surface area contributed by atoms with Gasteiger partial charge in [-0.25, -0.2) is 9.59 Å². The minimum atomic E-state index is -1.14. The summed E-state index contributed by atoms with van der Waals surface area (Å²) >= 11 is 0. The fourth-order valence-electron chi connectivity index (χ4n) is 3.53. The lowest BCUT2D eigenvalue weighted by atomic mass is 10.1. The van der Waals surface area contributed by atoms with Gasteiger partial charge in [-0.05, 0) is 24.3 Å². The normalized spacial score (nSPS) is 19.9. The van der Waals surface area contributed by atoms with Gasteiger partial charge in [0.2, 0.25) is 0 Å². The van der Waals surface area contributed by atoms with Crippen molar-refractivity contribution in [3.05, 3.63) is 59.7 Å². The van der Waals surface area contributed by atoms with Crippen LogP contribution in [0.4, 0.5) is 0 Å². The number of benzene rings is 2. The number of hydrogen-bond donors (Lipinski definition) is 2. The smallest absolute Gasteiger partial charge is 0.328 e. The van der Waals surface area contributed by atoms with Crippen LogP contribution < -0.4 is 0 Å². The summed E-state index contributed by atoms with van der Waals surface area (Å²) in [7, 11) is 2.48. The van der Waals surface area contributed by atoms with E-state index in [1.807, 2.05) is 0 Å². The Labute approximate surface area is 202 Å². The maximum absolute atomic E-state index is 13.1. The highest BCUT2D eigenvalue weighted by atomic mass is 33.1. The van der Waals surface area contributed by atoms with Gasteiger partial charge in [-0.3, -0.25) is 19.4 Å². The number of aliphatic carboxylic acids is 2. The molecule has 2 atom stereocenters. The van der Waals surface area contributed by atoms with Crippen LogP contribution in [-0.4, -0.2) is 82.5 Å². The molecule has 2 N–H and O–H groups in total. The second kappa shape index (κ2) is 10.5. The number of carboxylic acid groups (broad SMARTS) is 2. The maximum Gasteiger partial charge on any atom is 0.328 e. The lowest BCUT2D eigenvalue weighted by Gasteiger charge is -2.21. The van der Waals surface area contributed by atoms with E-state index in [-0.39, 0.29) is 26.7 Å². The van der Waals surface area contributed by atoms with Gasteiger partial charge in [0.15, 0.2) is 12.1 Å². The molecule has 2 aromatic carbocycles. The van der Waals surface area contributed by atoms with Gasteiger partial charge in [-0.2, -0.15) is 0 Å². The summed E-state index contributed by atoms with van der Waals surface area (Å²) in [5, 5.41) is 18.7. The number of rotatable bonds is 7. The van der Waals surface area contributed by atoms with Crippen LogP contribution in [0.25, 0.3) is 0 Å². The predicted molar refractivity (Wildman–Crippen MR) is 121 cm³/mol. The molecule has 2 heterocycles. The van der Waals surface area contributed by atoms with Crippen molar-refractivity contribution < 1.29 is 38.9 Å². The van der Waals surface area contributed by atoms with Gasteiger partial charge in [-0.15, -0.1) is 0 Å². The van der Waals surface area contributed by atoms with Crippen LogP contribution >= 0.6 is 21.6 Å². The highest BCUT2D eigenvalue weighted by Gasteiger charge is 2.37. The zero-order chi connectivity index (χ0) is 24.2. The van der Waals surface area contributed by atoms with E-state index in [4.69, 9.17) is 9.47 Å². The average Bonchev–Trinajstić information content (AvgIpc) is 3.52. The summed E-state index contributed by atoms with van der Waals surface area (Å²) in [5.74, 6) is -3.19. The molecule has 2 amide bonds. The number of carbonyl (C=O) groups excluding carboxylic acids is 2. The number of carbonyl (C=O) groups is 4. The molecule has 2 fully saturated rings. The molecule has 2 aliphatic rings. The van der Waals surface area contributed by atoms with Gasteiger partial charge in [0.1, 0.15) is 13.5 Å². The molecule has 34 heavy (non-hydrogen) atoms. The molecule has 0 radical (unpaired) electrons. The Hall–Kier alpha value is -3.06. The van der Waals surface area contributed by atoms with Crippen LogP contribution in [-0.2, 0) is 19.1 Å². The Balaban J connectivity index is 1.54. The van der Waals surface area contributed by atoms with Crippen molar-refractivity contribution in [3.63, 3.8) is 0 Å². The highest BCUT2D eigenvalue weighted by Crippen LogP contribution is 2.41. The first kappa shape index (κ1) is 24.1. The van der Waals surface area contributed by atoms with Gasteiger partial charge < -0.3 is 19.7 Å². The van der Waals surface area contributed by atoms with E-state index in [2.05, 4.69) is 0 Å². The molecule has 0 aliphatic carbocycles. The van der Waals surface area contributed by atoms with Crippen LogP contribution in [0.1, 0.15) is 20.7 Å². The monoisotopic (exact) mass is 504 g/mol. The van der Waals surface area contributed by atoms with Gasteiger partial charge in [0.05, 0.1) is 24.3 Å². The second-order valence-corrected chi connectivity index (χ2v) is 9.63. The molecule has 10 nitrogen and oxygen atoms in total. The molecule has 2 aliphatic heterocycles. The Morgan fingerprint density at radius 3 is 1.47 bits per heavy atom. The van der Waals surface area contributed by atoms with Crippen LogP contribution in [0.2, 0.25) is 0 Å². The summed E-state index contributed by atoms with van der Waals surface area (Å²) < 4.78 is 10.4. The zero-order valence-electron chi connectivity index (χ0n) is 17.7. The van der Waals surface area contributed by atoms with Crippen molar-refractivity contribution in [1.82, 2.24) is 9.80 Å². The number of nitrogens with zero attached hydrogens (tertiary/aromatic N) is 2. The Kier molecular flexibility index (Phi) is 7.41. The minimum Gasteiger partial charge on any atom is -0.480 e. The van der Waals surface area contributed by atoms with Crippen molar-refractivity contribution in [2.24, 2.45) is 0 Å². The summed E-state index contributed by atoms with van der Waals surface area (Å²) in [6.45, 7) is -0.361. The van der Waals surface area contributed by atoms with Crippen LogP contribution in [0.5, 0.6) is 0 Å². The summed E-state index contributed by atoms with van der Waals surface area (Å²) in [6, 6.07) is 11.5.